The van der Waals surface area contributed by atoms with E-state index in [0.717, 1.165) is 33.2 Å². The molecule has 144 valence electrons. The number of carbonyl (C=O) groups is 1. The molecule has 1 aromatic carbocycles. The zero-order valence-corrected chi connectivity index (χ0v) is 17.5. The van der Waals surface area contributed by atoms with Gasteiger partial charge in [-0.1, -0.05) is 25.5 Å². The summed E-state index contributed by atoms with van der Waals surface area (Å²) < 4.78 is 0.905. The van der Waals surface area contributed by atoms with Crippen LogP contribution in [0.2, 0.25) is 0 Å². The largest absolute Gasteiger partial charge is 0.343 e. The average Bonchev–Trinajstić information content (AvgIpc) is 3.03. The summed E-state index contributed by atoms with van der Waals surface area (Å²) in [7, 11) is 3.46. The van der Waals surface area contributed by atoms with Crippen LogP contribution in [0.1, 0.15) is 37.0 Å². The van der Waals surface area contributed by atoms with E-state index in [4.69, 9.17) is 4.98 Å². The number of aromatic nitrogens is 3. The Hall–Kier alpha value is -2.80. The molecule has 3 aromatic rings. The molecule has 0 saturated carbocycles. The van der Waals surface area contributed by atoms with Crippen LogP contribution in [0.25, 0.3) is 21.1 Å². The van der Waals surface area contributed by atoms with Crippen LogP contribution in [0.4, 0.5) is 5.95 Å². The van der Waals surface area contributed by atoms with E-state index in [2.05, 4.69) is 48.2 Å². The maximum Gasteiger partial charge on any atom is 0.282 e. The molecule has 0 fully saturated rings. The van der Waals surface area contributed by atoms with Crippen LogP contribution in [-0.2, 0) is 0 Å². The molecule has 0 radical (unpaired) electrons. The second kappa shape index (κ2) is 6.67. The maximum atomic E-state index is 12.3. The first-order chi connectivity index (χ1) is 13.2. The van der Waals surface area contributed by atoms with Crippen LogP contribution in [0.5, 0.6) is 0 Å². The first-order valence-electron chi connectivity index (χ1n) is 9.17. The van der Waals surface area contributed by atoms with Crippen LogP contribution in [0, 0.1) is 5.41 Å². The first kappa shape index (κ1) is 18.6. The van der Waals surface area contributed by atoms with Crippen molar-refractivity contribution in [2.75, 3.05) is 19.4 Å². The number of hydrogen-bond acceptors (Lipinski definition) is 6. The van der Waals surface area contributed by atoms with E-state index < -0.39 is 0 Å². The Balaban J connectivity index is 1.74. The lowest BCUT2D eigenvalue weighted by Gasteiger charge is -2.27. The Morgan fingerprint density at radius 1 is 1.25 bits per heavy atom. The quantitative estimate of drug-likeness (QED) is 0.703. The van der Waals surface area contributed by atoms with E-state index in [1.54, 1.807) is 14.1 Å². The minimum Gasteiger partial charge on any atom is -0.343 e. The molecule has 0 bridgehead atoms. The highest BCUT2D eigenvalue weighted by atomic mass is 32.1. The van der Waals surface area contributed by atoms with Gasteiger partial charge in [-0.2, -0.15) is 0 Å². The Kier molecular flexibility index (Phi) is 4.42. The first-order valence-corrected chi connectivity index (χ1v) is 9.98. The summed E-state index contributed by atoms with van der Waals surface area (Å²) >= 11 is 1.37. The van der Waals surface area contributed by atoms with E-state index in [1.807, 2.05) is 18.3 Å². The van der Waals surface area contributed by atoms with Gasteiger partial charge in [-0.3, -0.25) is 4.79 Å². The molecule has 28 heavy (non-hydrogen) atoms. The fourth-order valence-electron chi connectivity index (χ4n) is 3.57. The standard InChI is InChI=1S/C21H23N5OS/c1-12-8-14(10-21(2,3)9-12)23-20-22-11-13-6-7-15-17(16(13)25-20)28-18(24-15)19(27)26(4)5/h6-9,11H,10H2,1-5H3,(H,22,23,25). The Morgan fingerprint density at radius 2 is 2.04 bits per heavy atom. The molecule has 0 atom stereocenters. The van der Waals surface area contributed by atoms with Gasteiger partial charge in [0.25, 0.3) is 5.91 Å². The van der Waals surface area contributed by atoms with Gasteiger partial charge in [-0.05, 0) is 37.0 Å². The van der Waals surface area contributed by atoms with E-state index in [-0.39, 0.29) is 11.3 Å². The van der Waals surface area contributed by atoms with Gasteiger partial charge in [-0.25, -0.2) is 15.0 Å². The van der Waals surface area contributed by atoms with Crippen molar-refractivity contribution in [3.63, 3.8) is 0 Å². The van der Waals surface area contributed by atoms with Crippen molar-refractivity contribution in [2.24, 2.45) is 5.41 Å². The third-order valence-electron chi connectivity index (χ3n) is 4.63. The third-order valence-corrected chi connectivity index (χ3v) is 5.70. The zero-order chi connectivity index (χ0) is 20.1. The van der Waals surface area contributed by atoms with Gasteiger partial charge in [0, 0.05) is 31.4 Å². The minimum absolute atomic E-state index is 0.0985. The number of benzene rings is 1. The minimum atomic E-state index is -0.0985. The van der Waals surface area contributed by atoms with Crippen LogP contribution >= 0.6 is 11.3 Å². The molecule has 0 spiro atoms. The highest BCUT2D eigenvalue weighted by Gasteiger charge is 2.22. The monoisotopic (exact) mass is 393 g/mol. The molecule has 1 amide bonds. The number of nitrogens with one attached hydrogen (secondary N) is 1. The second-order valence-corrected chi connectivity index (χ2v) is 9.11. The number of rotatable bonds is 3. The highest BCUT2D eigenvalue weighted by Crippen LogP contribution is 2.34. The van der Waals surface area contributed by atoms with Crippen LogP contribution in [0.15, 0.2) is 41.8 Å². The molecule has 0 aliphatic heterocycles. The molecule has 1 N–H and O–H groups in total. The maximum absolute atomic E-state index is 12.3. The molecule has 1 aliphatic carbocycles. The number of amides is 1. The summed E-state index contributed by atoms with van der Waals surface area (Å²) in [6, 6.07) is 3.86. The van der Waals surface area contributed by atoms with Gasteiger partial charge in [-0.15, -0.1) is 11.3 Å². The van der Waals surface area contributed by atoms with Gasteiger partial charge >= 0.3 is 0 Å². The van der Waals surface area contributed by atoms with E-state index >= 15 is 0 Å². The molecule has 2 aromatic heterocycles. The van der Waals surface area contributed by atoms with Gasteiger partial charge in [0.1, 0.15) is 0 Å². The van der Waals surface area contributed by atoms with Crippen molar-refractivity contribution in [3.05, 3.63) is 46.8 Å². The average molecular weight is 394 g/mol. The lowest BCUT2D eigenvalue weighted by Crippen LogP contribution is -2.21. The van der Waals surface area contributed by atoms with E-state index in [1.165, 1.54) is 21.8 Å². The molecular weight excluding hydrogens is 370 g/mol. The lowest BCUT2D eigenvalue weighted by molar-refractivity contribution is 0.0827. The third kappa shape index (κ3) is 3.49. The van der Waals surface area contributed by atoms with Crippen molar-refractivity contribution >= 4 is 44.3 Å². The molecular formula is C21H23N5OS. The highest BCUT2D eigenvalue weighted by molar-refractivity contribution is 7.21. The van der Waals surface area contributed by atoms with Crippen molar-refractivity contribution in [2.45, 2.75) is 27.2 Å². The summed E-state index contributed by atoms with van der Waals surface area (Å²) in [5.41, 5.74) is 4.03. The fraction of sp³-hybridized carbons (Fsp3) is 0.333. The van der Waals surface area contributed by atoms with Crippen LogP contribution < -0.4 is 5.32 Å². The summed E-state index contributed by atoms with van der Waals surface area (Å²) in [4.78, 5) is 27.5. The van der Waals surface area contributed by atoms with Gasteiger partial charge in [0.2, 0.25) is 5.95 Å². The normalized spacial score (nSPS) is 16.0. The number of anilines is 1. The molecule has 0 unspecified atom stereocenters. The summed E-state index contributed by atoms with van der Waals surface area (Å²) in [6.45, 7) is 6.54. The molecule has 1 aliphatic rings. The Bertz CT molecular complexity index is 1160. The van der Waals surface area contributed by atoms with Gasteiger partial charge in [0.15, 0.2) is 5.01 Å². The van der Waals surface area contributed by atoms with E-state index in [9.17, 15) is 4.79 Å². The lowest BCUT2D eigenvalue weighted by atomic mass is 9.82. The zero-order valence-electron chi connectivity index (χ0n) is 16.7. The SMILES string of the molecule is CC1=CC(C)(C)CC(Nc2ncc3ccc4nc(C(=O)N(C)C)sc4c3n2)=C1. The number of nitrogens with zero attached hydrogens (tertiary/aromatic N) is 4. The molecule has 4 rings (SSSR count). The van der Waals surface area contributed by atoms with Crippen molar-refractivity contribution in [3.8, 4) is 0 Å². The Morgan fingerprint density at radius 3 is 2.75 bits per heavy atom. The van der Waals surface area contributed by atoms with Crippen molar-refractivity contribution < 1.29 is 4.79 Å². The number of allylic oxidation sites excluding steroid dienone is 4. The predicted octanol–water partition coefficient (Wildman–Crippen LogP) is 4.61. The molecule has 7 heteroatoms. The number of thiazole rings is 1. The summed E-state index contributed by atoms with van der Waals surface area (Å²) in [6.07, 6.45) is 7.13. The van der Waals surface area contributed by atoms with Crippen molar-refractivity contribution in [1.82, 2.24) is 19.9 Å². The van der Waals surface area contributed by atoms with Crippen LogP contribution in [-0.4, -0.2) is 39.9 Å². The van der Waals surface area contributed by atoms with Gasteiger partial charge < -0.3 is 10.2 Å². The van der Waals surface area contributed by atoms with Crippen LogP contribution in [0.3, 0.4) is 0 Å². The molecule has 0 saturated heterocycles. The van der Waals surface area contributed by atoms with Crippen molar-refractivity contribution in [1.29, 1.82) is 0 Å². The fourth-order valence-corrected chi connectivity index (χ4v) is 4.66. The smallest absolute Gasteiger partial charge is 0.282 e. The van der Waals surface area contributed by atoms with E-state index in [0.29, 0.717) is 11.0 Å². The summed E-state index contributed by atoms with van der Waals surface area (Å²) in [5.74, 6) is 0.462. The molecule has 6 nitrogen and oxygen atoms in total. The predicted molar refractivity (Wildman–Crippen MR) is 115 cm³/mol. The Labute approximate surface area is 168 Å². The number of hydrogen-bond donors (Lipinski definition) is 1. The number of fused-ring (bicyclic) bond motifs is 3. The second-order valence-electron chi connectivity index (χ2n) is 8.11. The molecule has 2 heterocycles. The summed E-state index contributed by atoms with van der Waals surface area (Å²) in [5, 5.41) is 4.78. The topological polar surface area (TPSA) is 71.0 Å². The van der Waals surface area contributed by atoms with Gasteiger partial charge in [0.05, 0.1) is 15.7 Å². The number of carbonyl (C=O) groups excluding carboxylic acids is 1.